The van der Waals surface area contributed by atoms with Crippen LogP contribution in [0.25, 0.3) is 0 Å². The van der Waals surface area contributed by atoms with Crippen molar-refractivity contribution < 1.29 is 9.59 Å². The van der Waals surface area contributed by atoms with Crippen LogP contribution >= 0.6 is 0 Å². The Morgan fingerprint density at radius 1 is 1.00 bits per heavy atom. The lowest BCUT2D eigenvalue weighted by molar-refractivity contribution is -0.125. The Morgan fingerprint density at radius 3 is 2.50 bits per heavy atom. The Kier molecular flexibility index (Phi) is 6.57. The summed E-state index contributed by atoms with van der Waals surface area (Å²) in [5, 5.41) is 3.02. The number of nitrogens with zero attached hydrogens (tertiary/aromatic N) is 4. The van der Waals surface area contributed by atoms with Crippen molar-refractivity contribution in [2.24, 2.45) is 5.92 Å². The van der Waals surface area contributed by atoms with E-state index in [2.05, 4.69) is 20.2 Å². The van der Waals surface area contributed by atoms with Crippen LogP contribution in [0.4, 0.5) is 5.82 Å². The molecule has 0 atom stereocenters. The lowest BCUT2D eigenvalue weighted by atomic mass is 9.95. The summed E-state index contributed by atoms with van der Waals surface area (Å²) < 4.78 is 0. The number of hydrogen-bond acceptors (Lipinski definition) is 5. The molecule has 0 unspecified atom stereocenters. The summed E-state index contributed by atoms with van der Waals surface area (Å²) >= 11 is 0. The second kappa shape index (κ2) is 9.69. The molecule has 2 aliphatic heterocycles. The molecule has 2 aromatic heterocycles. The first-order valence-electron chi connectivity index (χ1n) is 10.9. The number of piperidine rings is 2. The van der Waals surface area contributed by atoms with Crippen molar-refractivity contribution in [3.63, 3.8) is 0 Å². The Labute approximate surface area is 177 Å². The van der Waals surface area contributed by atoms with Gasteiger partial charge in [-0.15, -0.1) is 0 Å². The zero-order chi connectivity index (χ0) is 20.8. The number of nitrogens with one attached hydrogen (secondary N) is 1. The van der Waals surface area contributed by atoms with Crippen molar-refractivity contribution in [1.82, 2.24) is 20.2 Å². The van der Waals surface area contributed by atoms with Crippen LogP contribution in [-0.2, 0) is 11.3 Å². The van der Waals surface area contributed by atoms with E-state index in [0.717, 1.165) is 63.2 Å². The summed E-state index contributed by atoms with van der Waals surface area (Å²) in [5.41, 5.74) is 1.68. The molecule has 7 nitrogen and oxygen atoms in total. The van der Waals surface area contributed by atoms with Crippen molar-refractivity contribution in [3.05, 3.63) is 54.0 Å². The lowest BCUT2D eigenvalue weighted by Crippen LogP contribution is -2.42. The number of carbonyl (C=O) groups is 2. The second-order valence-electron chi connectivity index (χ2n) is 8.07. The number of pyridine rings is 2. The van der Waals surface area contributed by atoms with Gasteiger partial charge in [-0.2, -0.15) is 0 Å². The highest BCUT2D eigenvalue weighted by molar-refractivity contribution is 5.99. The molecule has 0 radical (unpaired) electrons. The van der Waals surface area contributed by atoms with Gasteiger partial charge in [0.05, 0.1) is 5.56 Å². The van der Waals surface area contributed by atoms with Gasteiger partial charge >= 0.3 is 0 Å². The predicted molar refractivity (Wildman–Crippen MR) is 115 cm³/mol. The van der Waals surface area contributed by atoms with Gasteiger partial charge in [-0.1, -0.05) is 6.07 Å². The van der Waals surface area contributed by atoms with Gasteiger partial charge in [-0.25, -0.2) is 4.98 Å². The van der Waals surface area contributed by atoms with Crippen molar-refractivity contribution in [1.29, 1.82) is 0 Å². The van der Waals surface area contributed by atoms with Gasteiger partial charge in [-0.3, -0.25) is 14.6 Å². The molecule has 2 amide bonds. The standard InChI is InChI=1S/C23H29N5O2/c29-22(26-17-18-6-4-10-24-16-18)19-8-14-27(15-9-19)21-20(7-5-11-25-21)23(30)28-12-2-1-3-13-28/h4-7,10-11,16,19H,1-3,8-9,12-15,17H2,(H,26,29). The summed E-state index contributed by atoms with van der Waals surface area (Å²) in [4.78, 5) is 38.3. The number of anilines is 1. The van der Waals surface area contributed by atoms with E-state index in [1.54, 1.807) is 18.6 Å². The van der Waals surface area contributed by atoms with Crippen LogP contribution in [0.2, 0.25) is 0 Å². The molecule has 2 saturated heterocycles. The molecule has 1 N–H and O–H groups in total. The molecule has 0 aromatic carbocycles. The minimum Gasteiger partial charge on any atom is -0.356 e. The fraction of sp³-hybridized carbons (Fsp3) is 0.478. The van der Waals surface area contributed by atoms with Crippen LogP contribution in [0, 0.1) is 5.92 Å². The maximum absolute atomic E-state index is 13.0. The van der Waals surface area contributed by atoms with E-state index in [4.69, 9.17) is 0 Å². The lowest BCUT2D eigenvalue weighted by Gasteiger charge is -2.34. The number of aromatic nitrogens is 2. The Bertz CT molecular complexity index is 859. The van der Waals surface area contributed by atoms with Crippen LogP contribution in [-0.4, -0.2) is 52.9 Å². The third-order valence-corrected chi connectivity index (χ3v) is 6.02. The van der Waals surface area contributed by atoms with Gasteiger partial charge in [0.2, 0.25) is 5.91 Å². The number of hydrogen-bond donors (Lipinski definition) is 1. The average molecular weight is 408 g/mol. The molecule has 0 saturated carbocycles. The number of rotatable bonds is 5. The van der Waals surface area contributed by atoms with Crippen LogP contribution < -0.4 is 10.2 Å². The molecule has 2 fully saturated rings. The fourth-order valence-corrected chi connectivity index (χ4v) is 4.27. The molecule has 158 valence electrons. The Balaban J connectivity index is 1.35. The van der Waals surface area contributed by atoms with Gasteiger partial charge in [0.1, 0.15) is 5.82 Å². The average Bonchev–Trinajstić information content (AvgIpc) is 2.83. The van der Waals surface area contributed by atoms with Crippen molar-refractivity contribution >= 4 is 17.6 Å². The first kappa shape index (κ1) is 20.3. The molecule has 2 aromatic rings. The Hall–Kier alpha value is -2.96. The van der Waals surface area contributed by atoms with Crippen molar-refractivity contribution in [2.75, 3.05) is 31.1 Å². The summed E-state index contributed by atoms with van der Waals surface area (Å²) in [6.07, 6.45) is 10.1. The van der Waals surface area contributed by atoms with Crippen molar-refractivity contribution in [3.8, 4) is 0 Å². The van der Waals surface area contributed by atoms with Crippen LogP contribution in [0.5, 0.6) is 0 Å². The van der Waals surface area contributed by atoms with E-state index >= 15 is 0 Å². The molecule has 0 spiro atoms. The van der Waals surface area contributed by atoms with Gasteiger partial charge in [0.25, 0.3) is 5.91 Å². The van der Waals surface area contributed by atoms with E-state index in [9.17, 15) is 9.59 Å². The van der Waals surface area contributed by atoms with Gasteiger partial charge in [0.15, 0.2) is 0 Å². The molecule has 7 heteroatoms. The molecule has 0 bridgehead atoms. The zero-order valence-electron chi connectivity index (χ0n) is 17.3. The third kappa shape index (κ3) is 4.78. The first-order valence-corrected chi connectivity index (χ1v) is 10.9. The molecule has 30 heavy (non-hydrogen) atoms. The molecule has 4 rings (SSSR count). The molecule has 0 aliphatic carbocycles. The first-order chi connectivity index (χ1) is 14.7. The molecular formula is C23H29N5O2. The highest BCUT2D eigenvalue weighted by Gasteiger charge is 2.29. The Morgan fingerprint density at radius 2 is 1.77 bits per heavy atom. The fourth-order valence-electron chi connectivity index (χ4n) is 4.27. The normalized spacial score (nSPS) is 17.6. The SMILES string of the molecule is O=C(NCc1cccnc1)C1CCN(c2ncccc2C(=O)N2CCCCC2)CC1. The van der Waals surface area contributed by atoms with Gasteiger partial charge in [0, 0.05) is 57.2 Å². The number of amides is 2. The highest BCUT2D eigenvalue weighted by atomic mass is 16.2. The van der Waals surface area contributed by atoms with E-state index in [-0.39, 0.29) is 17.7 Å². The van der Waals surface area contributed by atoms with E-state index < -0.39 is 0 Å². The smallest absolute Gasteiger partial charge is 0.257 e. The summed E-state index contributed by atoms with van der Waals surface area (Å²) in [7, 11) is 0. The van der Waals surface area contributed by atoms with E-state index in [1.807, 2.05) is 29.2 Å². The second-order valence-corrected chi connectivity index (χ2v) is 8.07. The number of carbonyl (C=O) groups excluding carboxylic acids is 2. The molecule has 4 heterocycles. The van der Waals surface area contributed by atoms with E-state index in [0.29, 0.717) is 12.1 Å². The van der Waals surface area contributed by atoms with Crippen LogP contribution in [0.15, 0.2) is 42.9 Å². The number of likely N-dealkylation sites (tertiary alicyclic amines) is 1. The monoisotopic (exact) mass is 407 g/mol. The third-order valence-electron chi connectivity index (χ3n) is 6.02. The van der Waals surface area contributed by atoms with Crippen LogP contribution in [0.3, 0.4) is 0 Å². The largest absolute Gasteiger partial charge is 0.356 e. The minimum atomic E-state index is -0.0112. The summed E-state index contributed by atoms with van der Waals surface area (Å²) in [6.45, 7) is 3.60. The van der Waals surface area contributed by atoms with Gasteiger partial charge in [-0.05, 0) is 55.9 Å². The predicted octanol–water partition coefficient (Wildman–Crippen LogP) is 2.64. The maximum atomic E-state index is 13.0. The summed E-state index contributed by atoms with van der Waals surface area (Å²) in [6, 6.07) is 7.54. The zero-order valence-corrected chi connectivity index (χ0v) is 17.3. The van der Waals surface area contributed by atoms with Gasteiger partial charge < -0.3 is 15.1 Å². The highest BCUT2D eigenvalue weighted by Crippen LogP contribution is 2.26. The molecule has 2 aliphatic rings. The quantitative estimate of drug-likeness (QED) is 0.824. The maximum Gasteiger partial charge on any atom is 0.257 e. The molecular weight excluding hydrogens is 378 g/mol. The van der Waals surface area contributed by atoms with E-state index in [1.165, 1.54) is 6.42 Å². The minimum absolute atomic E-state index is 0.0112. The van der Waals surface area contributed by atoms with Crippen LogP contribution in [0.1, 0.15) is 48.0 Å². The topological polar surface area (TPSA) is 78.4 Å². The van der Waals surface area contributed by atoms with Crippen molar-refractivity contribution in [2.45, 2.75) is 38.6 Å². The summed E-state index contributed by atoms with van der Waals surface area (Å²) in [5.74, 6) is 0.906.